The van der Waals surface area contributed by atoms with E-state index >= 15 is 0 Å². The highest BCUT2D eigenvalue weighted by Crippen LogP contribution is 2.18. The molecule has 2 rings (SSSR count). The summed E-state index contributed by atoms with van der Waals surface area (Å²) in [5, 5.41) is 2.04. The molecule has 1 saturated heterocycles. The minimum absolute atomic E-state index is 0.0907. The maximum atomic E-state index is 11.8. The number of pyridine rings is 1. The van der Waals surface area contributed by atoms with Crippen molar-refractivity contribution in [3.05, 3.63) is 30.1 Å². The van der Waals surface area contributed by atoms with Gasteiger partial charge in [0.2, 0.25) is 0 Å². The van der Waals surface area contributed by atoms with Gasteiger partial charge in [-0.2, -0.15) is 0 Å². The van der Waals surface area contributed by atoms with Gasteiger partial charge >= 0.3 is 0 Å². The molecule has 1 amide bonds. The Labute approximate surface area is 104 Å². The summed E-state index contributed by atoms with van der Waals surface area (Å²) < 4.78 is 22.6. The highest BCUT2D eigenvalue weighted by atomic mass is 35.5. The van der Waals surface area contributed by atoms with E-state index in [2.05, 4.69) is 10.3 Å². The number of carbonyl (C=O) groups is 1. The number of sulfone groups is 1. The molecule has 0 saturated carbocycles. The third-order valence-electron chi connectivity index (χ3n) is 2.52. The number of nitrogens with zero attached hydrogens (tertiary/aromatic N) is 1. The fourth-order valence-corrected chi connectivity index (χ4v) is 4.24. The Morgan fingerprint density at radius 2 is 2.24 bits per heavy atom. The van der Waals surface area contributed by atoms with Gasteiger partial charge in [0.05, 0.1) is 28.5 Å². The molecule has 0 bridgehead atoms. The molecular weight excluding hydrogens is 264 g/mol. The fraction of sp³-hybridized carbons (Fsp3) is 0.400. The minimum atomic E-state index is -3.13. The van der Waals surface area contributed by atoms with Crippen molar-refractivity contribution in [3.63, 3.8) is 0 Å². The zero-order valence-electron chi connectivity index (χ0n) is 8.84. The molecule has 0 spiro atoms. The van der Waals surface area contributed by atoms with Crippen molar-refractivity contribution >= 4 is 27.3 Å². The molecule has 1 N–H and O–H groups in total. The van der Waals surface area contributed by atoms with Crippen LogP contribution in [0.2, 0.25) is 0 Å². The second-order valence-electron chi connectivity index (χ2n) is 3.91. The molecule has 1 fully saturated rings. The Bertz CT molecular complexity index is 518. The fourth-order valence-electron chi connectivity index (χ4n) is 1.69. The topological polar surface area (TPSA) is 76.1 Å². The van der Waals surface area contributed by atoms with Crippen LogP contribution < -0.4 is 5.32 Å². The van der Waals surface area contributed by atoms with E-state index in [1.165, 1.54) is 6.20 Å². The van der Waals surface area contributed by atoms with Crippen LogP contribution >= 0.6 is 11.6 Å². The molecule has 2 atom stereocenters. The molecule has 1 aliphatic heterocycles. The van der Waals surface area contributed by atoms with Crippen molar-refractivity contribution in [2.24, 2.45) is 0 Å². The smallest absolute Gasteiger partial charge is 0.253 e. The van der Waals surface area contributed by atoms with Crippen molar-refractivity contribution in [2.75, 3.05) is 11.5 Å². The Kier molecular flexibility index (Phi) is 3.35. The van der Waals surface area contributed by atoms with Gasteiger partial charge in [-0.1, -0.05) is 0 Å². The van der Waals surface area contributed by atoms with Gasteiger partial charge in [0, 0.05) is 12.4 Å². The normalized spacial score (nSPS) is 26.6. The van der Waals surface area contributed by atoms with Gasteiger partial charge in [0.15, 0.2) is 9.84 Å². The van der Waals surface area contributed by atoms with Crippen molar-refractivity contribution < 1.29 is 13.2 Å². The summed E-state index contributed by atoms with van der Waals surface area (Å²) in [5.41, 5.74) is 0.390. The Morgan fingerprint density at radius 3 is 2.76 bits per heavy atom. The molecule has 17 heavy (non-hydrogen) atoms. The van der Waals surface area contributed by atoms with Crippen LogP contribution in [0.1, 0.15) is 10.4 Å². The van der Waals surface area contributed by atoms with E-state index in [1.54, 1.807) is 18.3 Å². The molecule has 2 unspecified atom stereocenters. The molecule has 0 aliphatic carbocycles. The van der Waals surface area contributed by atoms with Crippen molar-refractivity contribution in [1.29, 1.82) is 0 Å². The zero-order valence-corrected chi connectivity index (χ0v) is 10.4. The summed E-state index contributed by atoms with van der Waals surface area (Å²) >= 11 is 5.88. The molecule has 92 valence electrons. The number of aromatic nitrogens is 1. The molecule has 7 heteroatoms. The summed E-state index contributed by atoms with van der Waals surface area (Å²) in [4.78, 5) is 15.6. The maximum absolute atomic E-state index is 11.8. The maximum Gasteiger partial charge on any atom is 0.253 e. The van der Waals surface area contributed by atoms with E-state index in [0.717, 1.165) is 0 Å². The van der Waals surface area contributed by atoms with Gasteiger partial charge in [-0.05, 0) is 12.1 Å². The van der Waals surface area contributed by atoms with E-state index in [9.17, 15) is 13.2 Å². The average molecular weight is 275 g/mol. The number of amides is 1. The Balaban J connectivity index is 2.06. The van der Waals surface area contributed by atoms with Crippen molar-refractivity contribution in [2.45, 2.75) is 11.4 Å². The molecule has 1 aromatic rings. The van der Waals surface area contributed by atoms with E-state index in [-0.39, 0.29) is 17.4 Å². The van der Waals surface area contributed by atoms with Gasteiger partial charge in [0.25, 0.3) is 5.91 Å². The molecule has 1 aromatic heterocycles. The summed E-state index contributed by atoms with van der Waals surface area (Å²) in [7, 11) is -3.13. The van der Waals surface area contributed by atoms with Crippen LogP contribution in [-0.2, 0) is 9.84 Å². The molecule has 1 aliphatic rings. The molecule has 0 radical (unpaired) electrons. The summed E-state index contributed by atoms with van der Waals surface area (Å²) in [5.74, 6) is -0.550. The first kappa shape index (κ1) is 12.3. The number of alkyl halides is 1. The van der Waals surface area contributed by atoms with Gasteiger partial charge in [-0.25, -0.2) is 8.42 Å². The lowest BCUT2D eigenvalue weighted by molar-refractivity contribution is 0.0941. The van der Waals surface area contributed by atoms with Crippen LogP contribution in [0.25, 0.3) is 0 Å². The van der Waals surface area contributed by atoms with Gasteiger partial charge in [0.1, 0.15) is 0 Å². The lowest BCUT2D eigenvalue weighted by atomic mass is 10.2. The first-order valence-electron chi connectivity index (χ1n) is 5.03. The third-order valence-corrected chi connectivity index (χ3v) is 4.90. The monoisotopic (exact) mass is 274 g/mol. The van der Waals surface area contributed by atoms with Crippen LogP contribution in [0, 0.1) is 0 Å². The third kappa shape index (κ3) is 2.95. The quantitative estimate of drug-likeness (QED) is 0.783. The Hall–Kier alpha value is -1.14. The van der Waals surface area contributed by atoms with Crippen molar-refractivity contribution in [3.8, 4) is 0 Å². The highest BCUT2D eigenvalue weighted by Gasteiger charge is 2.37. The van der Waals surface area contributed by atoms with Crippen LogP contribution in [0.3, 0.4) is 0 Å². The zero-order chi connectivity index (χ0) is 12.5. The summed E-state index contributed by atoms with van der Waals surface area (Å²) in [6, 6.07) is 2.71. The summed E-state index contributed by atoms with van der Waals surface area (Å²) in [6.45, 7) is 0. The predicted molar refractivity (Wildman–Crippen MR) is 63.8 cm³/mol. The number of nitrogens with one attached hydrogen (secondary N) is 1. The van der Waals surface area contributed by atoms with Crippen LogP contribution in [0.15, 0.2) is 24.5 Å². The average Bonchev–Trinajstić information content (AvgIpc) is 2.53. The van der Waals surface area contributed by atoms with E-state index in [1.807, 2.05) is 0 Å². The standard InChI is InChI=1S/C10H11ClN2O3S/c11-8-5-17(15,16)6-9(8)13-10(14)7-2-1-3-12-4-7/h1-4,8-9H,5-6H2,(H,13,14). The van der Waals surface area contributed by atoms with E-state index < -0.39 is 21.3 Å². The van der Waals surface area contributed by atoms with Crippen LogP contribution in [0.5, 0.6) is 0 Å². The first-order valence-corrected chi connectivity index (χ1v) is 7.29. The Morgan fingerprint density at radius 1 is 1.47 bits per heavy atom. The highest BCUT2D eigenvalue weighted by molar-refractivity contribution is 7.91. The van der Waals surface area contributed by atoms with E-state index in [0.29, 0.717) is 5.56 Å². The van der Waals surface area contributed by atoms with E-state index in [4.69, 9.17) is 11.6 Å². The predicted octanol–water partition coefficient (Wildman–Crippen LogP) is 0.216. The number of hydrogen-bond donors (Lipinski definition) is 1. The molecule has 0 aromatic carbocycles. The SMILES string of the molecule is O=C(NC1CS(=O)(=O)CC1Cl)c1cccnc1. The second-order valence-corrected chi connectivity index (χ2v) is 6.63. The van der Waals surface area contributed by atoms with Crippen LogP contribution in [0.4, 0.5) is 0 Å². The number of carbonyl (C=O) groups excluding carboxylic acids is 1. The second kappa shape index (κ2) is 4.62. The first-order chi connectivity index (χ1) is 7.98. The summed E-state index contributed by atoms with van der Waals surface area (Å²) in [6.07, 6.45) is 2.98. The number of hydrogen-bond acceptors (Lipinski definition) is 4. The van der Waals surface area contributed by atoms with Gasteiger partial charge in [-0.15, -0.1) is 11.6 Å². The molecular formula is C10H11ClN2O3S. The molecule has 2 heterocycles. The van der Waals surface area contributed by atoms with Crippen LogP contribution in [-0.4, -0.2) is 42.2 Å². The molecule has 5 nitrogen and oxygen atoms in total. The lowest BCUT2D eigenvalue weighted by Crippen LogP contribution is -2.40. The lowest BCUT2D eigenvalue weighted by Gasteiger charge is -2.13. The van der Waals surface area contributed by atoms with Gasteiger partial charge < -0.3 is 5.32 Å². The number of rotatable bonds is 2. The minimum Gasteiger partial charge on any atom is -0.347 e. The van der Waals surface area contributed by atoms with Gasteiger partial charge in [-0.3, -0.25) is 9.78 Å². The number of halogens is 1. The van der Waals surface area contributed by atoms with Crippen molar-refractivity contribution in [1.82, 2.24) is 10.3 Å². The largest absolute Gasteiger partial charge is 0.347 e.